The highest BCUT2D eigenvalue weighted by Crippen LogP contribution is 2.15. The van der Waals surface area contributed by atoms with Crippen molar-refractivity contribution in [3.8, 4) is 5.75 Å². The Hall–Kier alpha value is -3.43. The second kappa shape index (κ2) is 9.80. The summed E-state index contributed by atoms with van der Waals surface area (Å²) in [7, 11) is 0. The van der Waals surface area contributed by atoms with Gasteiger partial charge in [0.25, 0.3) is 5.56 Å². The normalized spacial score (nSPS) is 14.5. The zero-order valence-electron chi connectivity index (χ0n) is 17.6. The number of aryl methyl sites for hydroxylation is 1. The summed E-state index contributed by atoms with van der Waals surface area (Å²) in [6.45, 7) is 4.53. The van der Waals surface area contributed by atoms with Gasteiger partial charge in [0.15, 0.2) is 11.3 Å². The lowest BCUT2D eigenvalue weighted by atomic mass is 10.2. The molecule has 9 heteroatoms. The standard InChI is InChI=1S/C23H25N3O6/c27-20-18(23(29)30)15-26-10-9-25(8-4-7-24-11-13-31-14-12-24)22(28)19(26)21(20)32-16-17-5-2-1-3-6-17/h1-3,5-6,9-10,15H,4,7-8,11-14,16H2,(H,29,30). The molecule has 1 saturated heterocycles. The fourth-order valence-corrected chi connectivity index (χ4v) is 3.77. The maximum absolute atomic E-state index is 13.2. The van der Waals surface area contributed by atoms with E-state index >= 15 is 0 Å². The molecule has 3 heterocycles. The highest BCUT2D eigenvalue weighted by Gasteiger charge is 2.20. The Morgan fingerprint density at radius 2 is 1.81 bits per heavy atom. The van der Waals surface area contributed by atoms with Gasteiger partial charge in [0, 0.05) is 44.8 Å². The van der Waals surface area contributed by atoms with Crippen molar-refractivity contribution in [2.75, 3.05) is 32.8 Å². The van der Waals surface area contributed by atoms with Crippen LogP contribution in [0.3, 0.4) is 0 Å². The lowest BCUT2D eigenvalue weighted by molar-refractivity contribution is 0.0369. The number of aromatic nitrogens is 2. The molecule has 4 rings (SSSR count). The highest BCUT2D eigenvalue weighted by molar-refractivity contribution is 5.88. The number of hydrogen-bond donors (Lipinski definition) is 1. The Balaban J connectivity index is 1.65. The third-order valence-electron chi connectivity index (χ3n) is 5.50. The Morgan fingerprint density at radius 3 is 2.53 bits per heavy atom. The van der Waals surface area contributed by atoms with Gasteiger partial charge in [-0.3, -0.25) is 14.5 Å². The first-order valence-electron chi connectivity index (χ1n) is 10.5. The predicted octanol–water partition coefficient (Wildman–Crippen LogP) is 1.46. The van der Waals surface area contributed by atoms with E-state index in [-0.39, 0.29) is 17.9 Å². The first kappa shape index (κ1) is 21.8. The van der Waals surface area contributed by atoms with Crippen LogP contribution in [0.5, 0.6) is 5.75 Å². The third-order valence-corrected chi connectivity index (χ3v) is 5.50. The predicted molar refractivity (Wildman–Crippen MR) is 118 cm³/mol. The van der Waals surface area contributed by atoms with E-state index in [1.807, 2.05) is 30.3 Å². The number of benzene rings is 1. The van der Waals surface area contributed by atoms with Crippen LogP contribution in [-0.2, 0) is 17.9 Å². The van der Waals surface area contributed by atoms with E-state index in [1.54, 1.807) is 12.4 Å². The lowest BCUT2D eigenvalue weighted by Gasteiger charge is -2.26. The maximum Gasteiger partial charge on any atom is 0.341 e. The molecule has 0 amide bonds. The Labute approximate surface area is 184 Å². The molecule has 0 bridgehead atoms. The lowest BCUT2D eigenvalue weighted by Crippen LogP contribution is -2.37. The zero-order valence-corrected chi connectivity index (χ0v) is 17.6. The molecule has 0 aliphatic carbocycles. The molecule has 1 aliphatic rings. The summed E-state index contributed by atoms with van der Waals surface area (Å²) >= 11 is 0. The summed E-state index contributed by atoms with van der Waals surface area (Å²) in [5.41, 5.74) is -0.824. The molecule has 1 N–H and O–H groups in total. The van der Waals surface area contributed by atoms with Gasteiger partial charge in [0.2, 0.25) is 5.43 Å². The van der Waals surface area contributed by atoms with E-state index in [4.69, 9.17) is 9.47 Å². The van der Waals surface area contributed by atoms with Crippen LogP contribution in [0.2, 0.25) is 0 Å². The van der Waals surface area contributed by atoms with Crippen LogP contribution in [0.15, 0.2) is 58.5 Å². The van der Waals surface area contributed by atoms with Crippen molar-refractivity contribution in [3.05, 3.63) is 80.6 Å². The van der Waals surface area contributed by atoms with Crippen molar-refractivity contribution in [3.63, 3.8) is 0 Å². The molecule has 0 radical (unpaired) electrons. The van der Waals surface area contributed by atoms with Crippen molar-refractivity contribution >= 4 is 11.5 Å². The van der Waals surface area contributed by atoms with Crippen molar-refractivity contribution in [2.45, 2.75) is 19.6 Å². The molecule has 168 valence electrons. The molecule has 0 saturated carbocycles. The number of ether oxygens (including phenoxy) is 2. The number of rotatable bonds is 8. The molecular formula is C23H25N3O6. The molecule has 9 nitrogen and oxygen atoms in total. The van der Waals surface area contributed by atoms with Gasteiger partial charge < -0.3 is 23.5 Å². The van der Waals surface area contributed by atoms with Gasteiger partial charge in [0.05, 0.1) is 13.2 Å². The summed E-state index contributed by atoms with van der Waals surface area (Å²) in [5.74, 6) is -1.62. The highest BCUT2D eigenvalue weighted by atomic mass is 16.5. The number of aromatic carboxylic acids is 1. The van der Waals surface area contributed by atoms with E-state index in [2.05, 4.69) is 4.90 Å². The quantitative estimate of drug-likeness (QED) is 0.567. The minimum Gasteiger partial charge on any atom is -0.483 e. The Morgan fingerprint density at radius 1 is 1.06 bits per heavy atom. The van der Waals surface area contributed by atoms with Crippen LogP contribution in [0.1, 0.15) is 22.3 Å². The molecule has 3 aromatic rings. The summed E-state index contributed by atoms with van der Waals surface area (Å²) < 4.78 is 14.0. The fourth-order valence-electron chi connectivity index (χ4n) is 3.77. The van der Waals surface area contributed by atoms with Crippen LogP contribution < -0.4 is 15.7 Å². The largest absolute Gasteiger partial charge is 0.483 e. The minimum absolute atomic E-state index is 0.0322. The number of pyridine rings is 1. The average Bonchev–Trinajstić information content (AvgIpc) is 2.81. The molecule has 0 atom stereocenters. The first-order chi connectivity index (χ1) is 15.5. The van der Waals surface area contributed by atoms with Crippen molar-refractivity contribution in [1.29, 1.82) is 0 Å². The molecule has 1 fully saturated rings. The van der Waals surface area contributed by atoms with E-state index in [9.17, 15) is 19.5 Å². The molecule has 32 heavy (non-hydrogen) atoms. The molecule has 1 aliphatic heterocycles. The van der Waals surface area contributed by atoms with E-state index in [0.29, 0.717) is 19.8 Å². The molecular weight excluding hydrogens is 414 g/mol. The number of hydrogen-bond acceptors (Lipinski definition) is 6. The number of carboxylic acids is 1. The topological polar surface area (TPSA) is 102 Å². The van der Waals surface area contributed by atoms with Crippen molar-refractivity contribution < 1.29 is 19.4 Å². The van der Waals surface area contributed by atoms with Gasteiger partial charge in [-0.05, 0) is 12.0 Å². The van der Waals surface area contributed by atoms with E-state index in [1.165, 1.54) is 8.97 Å². The van der Waals surface area contributed by atoms with Gasteiger partial charge in [-0.15, -0.1) is 0 Å². The van der Waals surface area contributed by atoms with E-state index in [0.717, 1.165) is 37.8 Å². The second-order valence-corrected chi connectivity index (χ2v) is 7.64. The third kappa shape index (κ3) is 4.74. The molecule has 2 aromatic heterocycles. The van der Waals surface area contributed by atoms with Crippen molar-refractivity contribution in [2.24, 2.45) is 0 Å². The van der Waals surface area contributed by atoms with Gasteiger partial charge >= 0.3 is 5.97 Å². The van der Waals surface area contributed by atoms with Crippen LogP contribution >= 0.6 is 0 Å². The number of carbonyl (C=O) groups is 1. The van der Waals surface area contributed by atoms with Gasteiger partial charge in [-0.2, -0.15) is 0 Å². The second-order valence-electron chi connectivity index (χ2n) is 7.64. The molecule has 0 unspecified atom stereocenters. The molecule has 0 spiro atoms. The van der Waals surface area contributed by atoms with Crippen LogP contribution in [0, 0.1) is 0 Å². The first-order valence-corrected chi connectivity index (χ1v) is 10.5. The van der Waals surface area contributed by atoms with Crippen LogP contribution in [0.4, 0.5) is 0 Å². The summed E-state index contributed by atoms with van der Waals surface area (Å²) in [6, 6.07) is 9.17. The number of morpholine rings is 1. The zero-order chi connectivity index (χ0) is 22.5. The Kier molecular flexibility index (Phi) is 6.67. The minimum atomic E-state index is -1.37. The van der Waals surface area contributed by atoms with Crippen LogP contribution in [0.25, 0.3) is 5.52 Å². The van der Waals surface area contributed by atoms with Gasteiger partial charge in [-0.1, -0.05) is 30.3 Å². The SMILES string of the molecule is O=C(O)c1cn2ccn(CCCN3CCOCC3)c(=O)c2c(OCc2ccccc2)c1=O. The monoisotopic (exact) mass is 439 g/mol. The average molecular weight is 439 g/mol. The van der Waals surface area contributed by atoms with Crippen molar-refractivity contribution in [1.82, 2.24) is 13.9 Å². The number of nitrogens with zero attached hydrogens (tertiary/aromatic N) is 3. The fraction of sp³-hybridized carbons (Fsp3) is 0.348. The van der Waals surface area contributed by atoms with E-state index < -0.39 is 22.5 Å². The smallest absolute Gasteiger partial charge is 0.341 e. The maximum atomic E-state index is 13.2. The number of carboxylic acid groups (broad SMARTS) is 1. The van der Waals surface area contributed by atoms with Crippen LogP contribution in [-0.4, -0.2) is 57.8 Å². The van der Waals surface area contributed by atoms with Gasteiger partial charge in [-0.25, -0.2) is 4.79 Å². The Bertz CT molecular complexity index is 1210. The summed E-state index contributed by atoms with van der Waals surface area (Å²) in [4.78, 5) is 39.9. The summed E-state index contributed by atoms with van der Waals surface area (Å²) in [6.07, 6.45) is 5.10. The summed E-state index contributed by atoms with van der Waals surface area (Å²) in [5, 5.41) is 9.43. The number of fused-ring (bicyclic) bond motifs is 1. The molecule has 1 aromatic carbocycles. The van der Waals surface area contributed by atoms with Gasteiger partial charge in [0.1, 0.15) is 12.2 Å².